The van der Waals surface area contributed by atoms with Crippen molar-refractivity contribution in [3.63, 3.8) is 0 Å². The number of allylic oxidation sites excluding steroid dienone is 4. The van der Waals surface area contributed by atoms with Crippen LogP contribution in [0.2, 0.25) is 0 Å². The number of hydrogen-bond donors (Lipinski definition) is 0. The number of pyridine rings is 1. The van der Waals surface area contributed by atoms with Crippen molar-refractivity contribution in [1.82, 2.24) is 15.0 Å². The van der Waals surface area contributed by atoms with Gasteiger partial charge in [-0.15, -0.1) is 0 Å². The fourth-order valence-corrected chi connectivity index (χ4v) is 9.42. The standard InChI is InChI=1S/C56H41N3/c1-56(2)48-23-13-11-21-46(48)54-53(56)52(47-22-12-14-24-49(47)57-54)40-29-27-38(28-30-40)42-33-34-45(44-20-10-9-19-43(42)44)51-35-50(39-17-7-4-8-18-39)58-55(59-51)41-31-25-37(26-32-41)36-15-5-3-6-16-36/h3-5,7-15,17-35H,6,16H2,1-2H3. The molecule has 3 nitrogen and oxygen atoms in total. The summed E-state index contributed by atoms with van der Waals surface area (Å²) in [4.78, 5) is 15.7. The number of aromatic nitrogens is 3. The molecule has 7 aromatic carbocycles. The average Bonchev–Trinajstić information content (AvgIpc) is 3.53. The third kappa shape index (κ3) is 5.92. The summed E-state index contributed by atoms with van der Waals surface area (Å²) in [7, 11) is 0. The third-order valence-corrected chi connectivity index (χ3v) is 12.4. The van der Waals surface area contributed by atoms with Gasteiger partial charge in [0.25, 0.3) is 0 Å². The highest BCUT2D eigenvalue weighted by atomic mass is 14.9. The molecule has 280 valence electrons. The Bertz CT molecular complexity index is 3150. The Kier molecular flexibility index (Phi) is 8.30. The number of hydrogen-bond acceptors (Lipinski definition) is 3. The minimum Gasteiger partial charge on any atom is -0.247 e. The summed E-state index contributed by atoms with van der Waals surface area (Å²) in [5.41, 5.74) is 18.2. The summed E-state index contributed by atoms with van der Waals surface area (Å²) in [6, 6.07) is 61.0. The number of rotatable bonds is 6. The molecule has 0 saturated carbocycles. The van der Waals surface area contributed by atoms with Crippen LogP contribution in [0.3, 0.4) is 0 Å². The van der Waals surface area contributed by atoms with Crippen LogP contribution < -0.4 is 0 Å². The molecule has 59 heavy (non-hydrogen) atoms. The second-order valence-corrected chi connectivity index (χ2v) is 16.2. The molecule has 0 fully saturated rings. The zero-order valence-corrected chi connectivity index (χ0v) is 33.2. The smallest absolute Gasteiger partial charge is 0.160 e. The summed E-state index contributed by atoms with van der Waals surface area (Å²) in [5.74, 6) is 0.718. The molecule has 2 aliphatic rings. The Morgan fingerprint density at radius 2 is 1.10 bits per heavy atom. The van der Waals surface area contributed by atoms with Crippen LogP contribution in [0.1, 0.15) is 43.4 Å². The van der Waals surface area contributed by atoms with Crippen LogP contribution in [0.25, 0.3) is 94.7 Å². The Morgan fingerprint density at radius 1 is 0.475 bits per heavy atom. The number of para-hydroxylation sites is 1. The molecular formula is C56H41N3. The van der Waals surface area contributed by atoms with Crippen molar-refractivity contribution in [3.05, 3.63) is 205 Å². The lowest BCUT2D eigenvalue weighted by Crippen LogP contribution is -2.16. The normalized spacial score (nSPS) is 14.0. The molecule has 0 aliphatic heterocycles. The van der Waals surface area contributed by atoms with Gasteiger partial charge in [0.1, 0.15) is 0 Å². The summed E-state index contributed by atoms with van der Waals surface area (Å²) in [6.45, 7) is 4.68. The van der Waals surface area contributed by atoms with Crippen molar-refractivity contribution >= 4 is 27.2 Å². The molecule has 0 unspecified atom stereocenters. The molecule has 2 aromatic heterocycles. The van der Waals surface area contributed by atoms with Gasteiger partial charge in [-0.25, -0.2) is 15.0 Å². The fraction of sp³-hybridized carbons (Fsp3) is 0.0893. The second-order valence-electron chi connectivity index (χ2n) is 16.2. The predicted octanol–water partition coefficient (Wildman–Crippen LogP) is 14.6. The maximum atomic E-state index is 5.28. The number of fused-ring (bicyclic) bond motifs is 5. The number of benzene rings is 7. The first-order valence-corrected chi connectivity index (χ1v) is 20.6. The largest absolute Gasteiger partial charge is 0.247 e. The third-order valence-electron chi connectivity index (χ3n) is 12.4. The van der Waals surface area contributed by atoms with Crippen LogP contribution in [0, 0.1) is 0 Å². The number of nitrogens with zero attached hydrogens (tertiary/aromatic N) is 3. The molecule has 0 atom stereocenters. The minimum atomic E-state index is -0.182. The molecule has 11 rings (SSSR count). The van der Waals surface area contributed by atoms with Gasteiger partial charge in [0.2, 0.25) is 0 Å². The van der Waals surface area contributed by atoms with Gasteiger partial charge in [-0.05, 0) is 80.3 Å². The van der Waals surface area contributed by atoms with E-state index >= 15 is 0 Å². The van der Waals surface area contributed by atoms with E-state index in [0.717, 1.165) is 63.3 Å². The molecule has 0 N–H and O–H groups in total. The minimum absolute atomic E-state index is 0.182. The van der Waals surface area contributed by atoms with Crippen molar-refractivity contribution in [3.8, 4) is 67.4 Å². The zero-order chi connectivity index (χ0) is 39.5. The molecule has 0 bridgehead atoms. The maximum absolute atomic E-state index is 5.28. The van der Waals surface area contributed by atoms with E-state index in [1.165, 1.54) is 60.9 Å². The van der Waals surface area contributed by atoms with E-state index in [2.05, 4.69) is 196 Å². The monoisotopic (exact) mass is 755 g/mol. The summed E-state index contributed by atoms with van der Waals surface area (Å²) in [5, 5.41) is 3.52. The van der Waals surface area contributed by atoms with E-state index in [1.54, 1.807) is 0 Å². The van der Waals surface area contributed by atoms with E-state index in [1.807, 2.05) is 6.07 Å². The predicted molar refractivity (Wildman–Crippen MR) is 246 cm³/mol. The van der Waals surface area contributed by atoms with Gasteiger partial charge in [-0.2, -0.15) is 0 Å². The van der Waals surface area contributed by atoms with Gasteiger partial charge in [0, 0.05) is 33.1 Å². The highest BCUT2D eigenvalue weighted by molar-refractivity contribution is 6.06. The van der Waals surface area contributed by atoms with Crippen molar-refractivity contribution in [2.75, 3.05) is 0 Å². The van der Waals surface area contributed by atoms with E-state index in [4.69, 9.17) is 15.0 Å². The summed E-state index contributed by atoms with van der Waals surface area (Å²) >= 11 is 0. The molecule has 9 aromatic rings. The van der Waals surface area contributed by atoms with Crippen LogP contribution in [0.4, 0.5) is 0 Å². The molecule has 2 aliphatic carbocycles. The van der Waals surface area contributed by atoms with Crippen LogP contribution >= 0.6 is 0 Å². The Morgan fingerprint density at radius 3 is 1.88 bits per heavy atom. The lowest BCUT2D eigenvalue weighted by molar-refractivity contribution is 0.662. The Balaban J connectivity index is 1.01. The van der Waals surface area contributed by atoms with Crippen LogP contribution in [-0.4, -0.2) is 15.0 Å². The van der Waals surface area contributed by atoms with Crippen LogP contribution in [0.5, 0.6) is 0 Å². The van der Waals surface area contributed by atoms with Gasteiger partial charge in [-0.3, -0.25) is 0 Å². The molecule has 3 heteroatoms. The average molecular weight is 756 g/mol. The van der Waals surface area contributed by atoms with Crippen LogP contribution in [0.15, 0.2) is 188 Å². The topological polar surface area (TPSA) is 38.7 Å². The molecule has 0 amide bonds. The highest BCUT2D eigenvalue weighted by Crippen LogP contribution is 2.53. The quantitative estimate of drug-likeness (QED) is 0.170. The van der Waals surface area contributed by atoms with Gasteiger partial charge in [0.15, 0.2) is 5.82 Å². The molecule has 0 saturated heterocycles. The van der Waals surface area contributed by atoms with Crippen molar-refractivity contribution < 1.29 is 0 Å². The van der Waals surface area contributed by atoms with E-state index in [-0.39, 0.29) is 5.41 Å². The van der Waals surface area contributed by atoms with Gasteiger partial charge in [-0.1, -0.05) is 190 Å². The summed E-state index contributed by atoms with van der Waals surface area (Å²) in [6.07, 6.45) is 8.75. The highest BCUT2D eigenvalue weighted by Gasteiger charge is 2.39. The summed E-state index contributed by atoms with van der Waals surface area (Å²) < 4.78 is 0. The van der Waals surface area contributed by atoms with Gasteiger partial charge >= 0.3 is 0 Å². The lowest BCUT2D eigenvalue weighted by atomic mass is 9.78. The Labute approximate surface area is 345 Å². The van der Waals surface area contributed by atoms with Gasteiger partial charge in [0.05, 0.1) is 22.6 Å². The molecular weight excluding hydrogens is 715 g/mol. The van der Waals surface area contributed by atoms with E-state index in [9.17, 15) is 0 Å². The molecule has 2 heterocycles. The van der Waals surface area contributed by atoms with E-state index in [0.29, 0.717) is 0 Å². The maximum Gasteiger partial charge on any atom is 0.160 e. The first-order chi connectivity index (χ1) is 29.0. The lowest BCUT2D eigenvalue weighted by Gasteiger charge is -2.25. The first-order valence-electron chi connectivity index (χ1n) is 20.6. The zero-order valence-electron chi connectivity index (χ0n) is 33.2. The van der Waals surface area contributed by atoms with Crippen molar-refractivity contribution in [1.29, 1.82) is 0 Å². The van der Waals surface area contributed by atoms with Crippen molar-refractivity contribution in [2.24, 2.45) is 0 Å². The molecule has 0 radical (unpaired) electrons. The second kappa shape index (κ2) is 14.0. The Hall–Kier alpha value is -7.23. The molecule has 0 spiro atoms. The fourth-order valence-electron chi connectivity index (χ4n) is 9.42. The van der Waals surface area contributed by atoms with E-state index < -0.39 is 0 Å². The van der Waals surface area contributed by atoms with Crippen LogP contribution in [-0.2, 0) is 5.41 Å². The van der Waals surface area contributed by atoms with Gasteiger partial charge < -0.3 is 0 Å². The van der Waals surface area contributed by atoms with Crippen molar-refractivity contribution in [2.45, 2.75) is 32.1 Å². The first kappa shape index (κ1) is 35.0. The SMILES string of the molecule is CC1(C)c2ccccc2-c2nc3ccccc3c(-c3ccc(-c4ccc(-c5cc(-c6ccccc6)nc(-c6ccc(C7=CC=CCC7)cc6)n5)c5ccccc45)cc3)c21.